The largest absolute Gasteiger partial charge is 0.387 e. The quantitative estimate of drug-likeness (QED) is 0.923. The van der Waals surface area contributed by atoms with Gasteiger partial charge in [-0.1, -0.05) is 0 Å². The summed E-state index contributed by atoms with van der Waals surface area (Å²) in [6.45, 7) is 0. The molecule has 2 heterocycles. The van der Waals surface area contributed by atoms with E-state index in [1.807, 2.05) is 17.8 Å². The van der Waals surface area contributed by atoms with Crippen molar-refractivity contribution in [1.29, 1.82) is 0 Å². The molecule has 1 unspecified atom stereocenters. The Kier molecular flexibility index (Phi) is 3.22. The average molecular weight is 262 g/mol. The van der Waals surface area contributed by atoms with Crippen LogP contribution in [-0.2, 0) is 26.3 Å². The van der Waals surface area contributed by atoms with Crippen LogP contribution in [0.5, 0.6) is 0 Å². The molecule has 0 amide bonds. The predicted octanol–water partition coefficient (Wildman–Crippen LogP) is 2.64. The number of thiophene rings is 1. The van der Waals surface area contributed by atoms with Crippen molar-refractivity contribution in [2.45, 2.75) is 38.2 Å². The van der Waals surface area contributed by atoms with Gasteiger partial charge >= 0.3 is 0 Å². The van der Waals surface area contributed by atoms with Crippen molar-refractivity contribution < 1.29 is 5.11 Å². The van der Waals surface area contributed by atoms with E-state index in [0.29, 0.717) is 6.42 Å². The first kappa shape index (κ1) is 11.9. The van der Waals surface area contributed by atoms with E-state index in [9.17, 15) is 5.11 Å². The Morgan fingerprint density at radius 3 is 3.00 bits per heavy atom. The van der Waals surface area contributed by atoms with Gasteiger partial charge in [-0.3, -0.25) is 0 Å². The highest BCUT2D eigenvalue weighted by molar-refractivity contribution is 7.12. The monoisotopic (exact) mass is 262 g/mol. The Labute approximate surface area is 111 Å². The lowest BCUT2D eigenvalue weighted by molar-refractivity contribution is 0.178. The summed E-state index contributed by atoms with van der Waals surface area (Å²) in [5.41, 5.74) is 1.46. The summed E-state index contributed by atoms with van der Waals surface area (Å²) in [7, 11) is 1.97. The normalized spacial score (nSPS) is 16.6. The highest BCUT2D eigenvalue weighted by atomic mass is 32.1. The van der Waals surface area contributed by atoms with Gasteiger partial charge in [0.15, 0.2) is 0 Å². The van der Waals surface area contributed by atoms with Gasteiger partial charge in [0.1, 0.15) is 5.82 Å². The summed E-state index contributed by atoms with van der Waals surface area (Å²) in [4.78, 5) is 6.85. The lowest BCUT2D eigenvalue weighted by Crippen LogP contribution is -2.05. The second-order valence-electron chi connectivity index (χ2n) is 4.98. The Balaban J connectivity index is 1.78. The van der Waals surface area contributed by atoms with Gasteiger partial charge in [0.2, 0.25) is 0 Å². The maximum atomic E-state index is 10.3. The molecule has 0 aromatic carbocycles. The highest BCUT2D eigenvalue weighted by Crippen LogP contribution is 2.33. The number of aliphatic hydroxyl groups is 1. The fourth-order valence-electron chi connectivity index (χ4n) is 2.54. The first-order valence-electron chi connectivity index (χ1n) is 6.50. The minimum atomic E-state index is -0.415. The molecular formula is C14H18N2OS. The van der Waals surface area contributed by atoms with E-state index >= 15 is 0 Å². The number of imidazole rings is 1. The maximum absolute atomic E-state index is 10.3. The molecule has 1 aliphatic rings. The van der Waals surface area contributed by atoms with E-state index in [-0.39, 0.29) is 0 Å². The van der Waals surface area contributed by atoms with Crippen molar-refractivity contribution in [1.82, 2.24) is 9.55 Å². The average Bonchev–Trinajstić information content (AvgIpc) is 2.96. The van der Waals surface area contributed by atoms with Crippen molar-refractivity contribution in [3.8, 4) is 0 Å². The second kappa shape index (κ2) is 4.86. The summed E-state index contributed by atoms with van der Waals surface area (Å²) in [5, 5.41) is 10.3. The molecule has 2 aromatic rings. The molecule has 1 atom stereocenters. The Morgan fingerprint density at radius 1 is 1.44 bits per heavy atom. The van der Waals surface area contributed by atoms with Gasteiger partial charge in [0.05, 0.1) is 6.10 Å². The van der Waals surface area contributed by atoms with Gasteiger partial charge < -0.3 is 9.67 Å². The third-order valence-electron chi connectivity index (χ3n) is 3.64. The Bertz CT molecular complexity index is 520. The molecule has 0 aliphatic heterocycles. The molecular weight excluding hydrogens is 244 g/mol. The van der Waals surface area contributed by atoms with Crippen molar-refractivity contribution in [2.75, 3.05) is 0 Å². The SMILES string of the molecule is Cn1ccnc1CC(O)c1cc2c(s1)CCCC2. The molecule has 3 rings (SSSR count). The fourth-order valence-corrected chi connectivity index (χ4v) is 3.79. The second-order valence-corrected chi connectivity index (χ2v) is 6.15. The van der Waals surface area contributed by atoms with Gasteiger partial charge in [-0.05, 0) is 37.3 Å². The summed E-state index contributed by atoms with van der Waals surface area (Å²) in [5.74, 6) is 0.939. The molecule has 0 saturated carbocycles. The van der Waals surface area contributed by atoms with Crippen molar-refractivity contribution in [2.24, 2.45) is 7.05 Å². The zero-order valence-electron chi connectivity index (χ0n) is 10.6. The molecule has 18 heavy (non-hydrogen) atoms. The third-order valence-corrected chi connectivity index (χ3v) is 4.98. The first-order chi connectivity index (χ1) is 8.74. The molecule has 4 heteroatoms. The molecule has 3 nitrogen and oxygen atoms in total. The van der Waals surface area contributed by atoms with Gasteiger partial charge in [-0.2, -0.15) is 0 Å². The van der Waals surface area contributed by atoms with Crippen LogP contribution in [0.1, 0.15) is 40.1 Å². The van der Waals surface area contributed by atoms with E-state index < -0.39 is 6.10 Å². The molecule has 0 saturated heterocycles. The number of aliphatic hydroxyl groups excluding tert-OH is 1. The molecule has 0 spiro atoms. The molecule has 2 aromatic heterocycles. The zero-order chi connectivity index (χ0) is 12.5. The van der Waals surface area contributed by atoms with Crippen LogP contribution in [0.3, 0.4) is 0 Å². The van der Waals surface area contributed by atoms with Gasteiger partial charge in [0, 0.05) is 35.6 Å². The van der Waals surface area contributed by atoms with Crippen LogP contribution in [0.2, 0.25) is 0 Å². The van der Waals surface area contributed by atoms with Crippen molar-refractivity contribution >= 4 is 11.3 Å². The van der Waals surface area contributed by atoms with E-state index in [1.54, 1.807) is 17.5 Å². The van der Waals surface area contributed by atoms with Crippen LogP contribution < -0.4 is 0 Å². The van der Waals surface area contributed by atoms with Crippen LogP contribution in [0, 0.1) is 0 Å². The molecule has 96 valence electrons. The minimum Gasteiger partial charge on any atom is -0.387 e. The number of nitrogens with zero attached hydrogens (tertiary/aromatic N) is 2. The molecule has 1 aliphatic carbocycles. The van der Waals surface area contributed by atoms with Crippen molar-refractivity contribution in [3.05, 3.63) is 39.6 Å². The minimum absolute atomic E-state index is 0.415. The van der Waals surface area contributed by atoms with Crippen LogP contribution in [0.25, 0.3) is 0 Å². The lowest BCUT2D eigenvalue weighted by Gasteiger charge is -2.08. The molecule has 1 N–H and O–H groups in total. The van der Waals surface area contributed by atoms with Crippen LogP contribution >= 0.6 is 11.3 Å². The molecule has 0 radical (unpaired) electrons. The Hall–Kier alpha value is -1.13. The van der Waals surface area contributed by atoms with E-state index in [4.69, 9.17) is 0 Å². The molecule has 0 fully saturated rings. The highest BCUT2D eigenvalue weighted by Gasteiger charge is 2.18. The number of rotatable bonds is 3. The number of aryl methyl sites for hydroxylation is 3. The van der Waals surface area contributed by atoms with E-state index in [1.165, 1.54) is 36.1 Å². The van der Waals surface area contributed by atoms with Gasteiger partial charge in [0.25, 0.3) is 0 Å². The third kappa shape index (κ3) is 2.22. The smallest absolute Gasteiger partial charge is 0.111 e. The first-order valence-corrected chi connectivity index (χ1v) is 7.31. The van der Waals surface area contributed by atoms with Gasteiger partial charge in [-0.25, -0.2) is 4.98 Å². The number of aromatic nitrogens is 2. The number of hydrogen-bond acceptors (Lipinski definition) is 3. The Morgan fingerprint density at radius 2 is 2.28 bits per heavy atom. The zero-order valence-corrected chi connectivity index (χ0v) is 11.4. The topological polar surface area (TPSA) is 38.0 Å². The van der Waals surface area contributed by atoms with E-state index in [2.05, 4.69) is 11.1 Å². The van der Waals surface area contributed by atoms with Crippen LogP contribution in [0.15, 0.2) is 18.5 Å². The van der Waals surface area contributed by atoms with E-state index in [0.717, 1.165) is 10.7 Å². The maximum Gasteiger partial charge on any atom is 0.111 e. The summed E-state index contributed by atoms with van der Waals surface area (Å²) < 4.78 is 1.97. The summed E-state index contributed by atoms with van der Waals surface area (Å²) in [6.07, 6.45) is 8.84. The van der Waals surface area contributed by atoms with Crippen LogP contribution in [-0.4, -0.2) is 14.7 Å². The van der Waals surface area contributed by atoms with Crippen LogP contribution in [0.4, 0.5) is 0 Å². The number of hydrogen-bond donors (Lipinski definition) is 1. The summed E-state index contributed by atoms with van der Waals surface area (Å²) >= 11 is 1.78. The standard InChI is InChI=1S/C14H18N2OS/c1-16-7-6-15-14(16)9-11(17)13-8-10-4-2-3-5-12(10)18-13/h6-8,11,17H,2-5,9H2,1H3. The fraction of sp³-hybridized carbons (Fsp3) is 0.500. The van der Waals surface area contributed by atoms with Crippen molar-refractivity contribution in [3.63, 3.8) is 0 Å². The predicted molar refractivity (Wildman–Crippen MR) is 72.8 cm³/mol. The lowest BCUT2D eigenvalue weighted by atomic mass is 9.99. The number of fused-ring (bicyclic) bond motifs is 1. The summed E-state index contributed by atoms with van der Waals surface area (Å²) in [6, 6.07) is 2.20. The molecule has 0 bridgehead atoms. The van der Waals surface area contributed by atoms with Gasteiger partial charge in [-0.15, -0.1) is 11.3 Å².